The molecule has 0 aliphatic carbocycles. The van der Waals surface area contributed by atoms with E-state index >= 15 is 0 Å². The predicted molar refractivity (Wildman–Crippen MR) is 149 cm³/mol. The van der Waals surface area contributed by atoms with Crippen LogP contribution in [0.3, 0.4) is 0 Å². The molecular weight excluding hydrogens is 488 g/mol. The summed E-state index contributed by atoms with van der Waals surface area (Å²) in [5.41, 5.74) is -0.0649. The van der Waals surface area contributed by atoms with Crippen molar-refractivity contribution in [1.29, 1.82) is 0 Å². The number of hydrogen-bond donors (Lipinski definition) is 1. The number of ether oxygens (including phenoxy) is 3. The van der Waals surface area contributed by atoms with E-state index in [0.717, 1.165) is 11.1 Å². The monoisotopic (exact) mass is 536 g/mol. The van der Waals surface area contributed by atoms with Gasteiger partial charge in [0.05, 0.1) is 7.11 Å². The van der Waals surface area contributed by atoms with Crippen molar-refractivity contribution in [2.75, 3.05) is 13.7 Å². The highest BCUT2D eigenvalue weighted by atomic mass is 16.6. The molecule has 0 fully saturated rings. The zero-order valence-corrected chi connectivity index (χ0v) is 25.3. The van der Waals surface area contributed by atoms with Gasteiger partial charge in [-0.25, -0.2) is 4.79 Å². The van der Waals surface area contributed by atoms with Gasteiger partial charge in [-0.2, -0.15) is 0 Å². The van der Waals surface area contributed by atoms with E-state index in [1.54, 1.807) is 40.0 Å². The van der Waals surface area contributed by atoms with Crippen LogP contribution in [-0.2, 0) is 25.2 Å². The number of nitrogens with zero attached hydrogens (tertiary/aromatic N) is 1. The van der Waals surface area contributed by atoms with Crippen molar-refractivity contribution in [2.24, 2.45) is 5.92 Å². The minimum absolute atomic E-state index is 0.0677. The molecule has 2 atom stereocenters. The summed E-state index contributed by atoms with van der Waals surface area (Å²) in [6.45, 7) is 21.2. The van der Waals surface area contributed by atoms with Crippen molar-refractivity contribution in [2.45, 2.75) is 118 Å². The minimum Gasteiger partial charge on any atom is -0.497 e. The predicted octanol–water partition coefficient (Wildman–Crippen LogP) is 5.58. The first kappa shape index (κ1) is 33.3. The second kappa shape index (κ2) is 12.9. The normalized spacial score (nSPS) is 14.1. The Morgan fingerprint density at radius 1 is 0.947 bits per heavy atom. The molecule has 1 unspecified atom stereocenters. The number of nitro groups is 1. The summed E-state index contributed by atoms with van der Waals surface area (Å²) in [6.07, 6.45) is 0.354. The Morgan fingerprint density at radius 2 is 1.45 bits per heavy atom. The van der Waals surface area contributed by atoms with E-state index in [1.807, 2.05) is 55.4 Å². The standard InChI is InChI=1S/C29H48N2O7/c1-18(2)15-22(25(32)38-29(9,10)11)30-14-13-23(31(34)35)26(33)37-24-20(27(3,4)5)16-19(36-12)17-21(24)28(6,7)8/h16-18,22-23,30H,13-15H2,1-12H3/t22-,23?/m0/s1. The molecule has 1 rings (SSSR count). The minimum atomic E-state index is -1.61. The first-order chi connectivity index (χ1) is 17.2. The van der Waals surface area contributed by atoms with Crippen molar-refractivity contribution < 1.29 is 28.7 Å². The van der Waals surface area contributed by atoms with Crippen LogP contribution < -0.4 is 14.8 Å². The summed E-state index contributed by atoms with van der Waals surface area (Å²) in [5.74, 6) is -0.238. The molecule has 38 heavy (non-hydrogen) atoms. The molecule has 0 aliphatic rings. The van der Waals surface area contributed by atoms with Crippen molar-refractivity contribution in [3.8, 4) is 11.5 Å². The third kappa shape index (κ3) is 10.2. The van der Waals surface area contributed by atoms with Gasteiger partial charge in [-0.3, -0.25) is 14.9 Å². The maximum absolute atomic E-state index is 13.2. The third-order valence-electron chi connectivity index (χ3n) is 5.85. The molecular formula is C29H48N2O7. The molecule has 1 N–H and O–H groups in total. The van der Waals surface area contributed by atoms with Crippen LogP contribution in [0.4, 0.5) is 0 Å². The molecule has 0 radical (unpaired) electrons. The highest BCUT2D eigenvalue weighted by Gasteiger charge is 2.36. The second-order valence-corrected chi connectivity index (χ2v) is 13.2. The van der Waals surface area contributed by atoms with Gasteiger partial charge in [-0.05, 0) is 56.1 Å². The van der Waals surface area contributed by atoms with Crippen LogP contribution in [-0.4, -0.2) is 48.2 Å². The number of carbonyl (C=O) groups is 2. The second-order valence-electron chi connectivity index (χ2n) is 13.2. The van der Waals surface area contributed by atoms with Crippen molar-refractivity contribution in [3.05, 3.63) is 33.4 Å². The van der Waals surface area contributed by atoms with Crippen LogP contribution in [0.5, 0.6) is 11.5 Å². The summed E-state index contributed by atoms with van der Waals surface area (Å²) in [7, 11) is 1.57. The molecule has 1 aromatic carbocycles. The summed E-state index contributed by atoms with van der Waals surface area (Å²) in [5, 5.41) is 15.0. The first-order valence-electron chi connectivity index (χ1n) is 13.2. The summed E-state index contributed by atoms with van der Waals surface area (Å²) >= 11 is 0. The van der Waals surface area contributed by atoms with Crippen molar-refractivity contribution in [1.82, 2.24) is 5.32 Å². The van der Waals surface area contributed by atoms with Crippen LogP contribution in [0.2, 0.25) is 0 Å². The van der Waals surface area contributed by atoms with Gasteiger partial charge in [0.15, 0.2) is 0 Å². The van der Waals surface area contributed by atoms with Crippen LogP contribution in [0.15, 0.2) is 12.1 Å². The lowest BCUT2D eigenvalue weighted by Crippen LogP contribution is -2.44. The molecule has 0 saturated heterocycles. The molecule has 0 spiro atoms. The summed E-state index contributed by atoms with van der Waals surface area (Å²) in [6, 6.07) is 1.36. The van der Waals surface area contributed by atoms with Crippen LogP contribution >= 0.6 is 0 Å². The fourth-order valence-corrected chi connectivity index (χ4v) is 3.92. The maximum atomic E-state index is 13.2. The number of carbonyl (C=O) groups excluding carboxylic acids is 2. The summed E-state index contributed by atoms with van der Waals surface area (Å²) in [4.78, 5) is 37.2. The van der Waals surface area contributed by atoms with Crippen LogP contribution in [0.25, 0.3) is 0 Å². The van der Waals surface area contributed by atoms with Crippen molar-refractivity contribution in [3.63, 3.8) is 0 Å². The highest BCUT2D eigenvalue weighted by Crippen LogP contribution is 2.42. The van der Waals surface area contributed by atoms with E-state index < -0.39 is 45.4 Å². The maximum Gasteiger partial charge on any atom is 0.387 e. The Kier molecular flexibility index (Phi) is 11.3. The number of rotatable bonds is 11. The van der Waals surface area contributed by atoms with Crippen molar-refractivity contribution >= 4 is 11.9 Å². The Labute approximate surface area is 228 Å². The van der Waals surface area contributed by atoms with Gasteiger partial charge in [0, 0.05) is 29.0 Å². The lowest BCUT2D eigenvalue weighted by atomic mass is 9.79. The van der Waals surface area contributed by atoms with E-state index in [0.29, 0.717) is 17.9 Å². The fourth-order valence-electron chi connectivity index (χ4n) is 3.92. The molecule has 9 nitrogen and oxygen atoms in total. The zero-order chi connectivity index (χ0) is 29.6. The highest BCUT2D eigenvalue weighted by molar-refractivity contribution is 5.78. The van der Waals surface area contributed by atoms with E-state index in [1.165, 1.54) is 0 Å². The van der Waals surface area contributed by atoms with E-state index in [4.69, 9.17) is 14.2 Å². The smallest absolute Gasteiger partial charge is 0.387 e. The lowest BCUT2D eigenvalue weighted by molar-refractivity contribution is -0.510. The van der Waals surface area contributed by atoms with E-state index in [9.17, 15) is 19.7 Å². The SMILES string of the molecule is COc1cc(C(C)(C)C)c(OC(=O)C(CCN[C@@H](CC(C)C)C(=O)OC(C)(C)C)[N+](=O)[O-])c(C(C)(C)C)c1. The topological polar surface area (TPSA) is 117 Å². The Hall–Kier alpha value is -2.68. The number of benzene rings is 1. The Bertz CT molecular complexity index is 947. The molecule has 1 aromatic rings. The first-order valence-corrected chi connectivity index (χ1v) is 13.2. The van der Waals surface area contributed by atoms with Gasteiger partial charge in [-0.15, -0.1) is 0 Å². The summed E-state index contributed by atoms with van der Waals surface area (Å²) < 4.78 is 16.8. The van der Waals surface area contributed by atoms with Gasteiger partial charge >= 0.3 is 18.0 Å². The fraction of sp³-hybridized carbons (Fsp3) is 0.724. The molecule has 9 heteroatoms. The van der Waals surface area contributed by atoms with E-state index in [2.05, 4.69) is 5.32 Å². The number of nitrogens with one attached hydrogen (secondary N) is 1. The molecule has 0 bridgehead atoms. The molecule has 0 saturated carbocycles. The molecule has 0 aromatic heterocycles. The van der Waals surface area contributed by atoms with Crippen LogP contribution in [0.1, 0.15) is 100 Å². The average molecular weight is 537 g/mol. The van der Waals surface area contributed by atoms with Gasteiger partial charge in [0.2, 0.25) is 0 Å². The molecule has 0 heterocycles. The van der Waals surface area contributed by atoms with Gasteiger partial charge in [0.25, 0.3) is 0 Å². The number of methoxy groups -OCH3 is 1. The van der Waals surface area contributed by atoms with Crippen LogP contribution in [0, 0.1) is 16.0 Å². The third-order valence-corrected chi connectivity index (χ3v) is 5.85. The Balaban J connectivity index is 3.23. The Morgan fingerprint density at radius 3 is 1.82 bits per heavy atom. The average Bonchev–Trinajstić information content (AvgIpc) is 2.72. The largest absolute Gasteiger partial charge is 0.497 e. The quantitative estimate of drug-likeness (QED) is 0.169. The molecule has 0 aliphatic heterocycles. The number of hydrogen-bond acceptors (Lipinski definition) is 8. The lowest BCUT2D eigenvalue weighted by Gasteiger charge is -2.30. The van der Waals surface area contributed by atoms with E-state index in [-0.39, 0.29) is 18.9 Å². The van der Waals surface area contributed by atoms with Gasteiger partial charge < -0.3 is 19.5 Å². The van der Waals surface area contributed by atoms with Gasteiger partial charge in [-0.1, -0.05) is 55.4 Å². The zero-order valence-electron chi connectivity index (χ0n) is 25.3. The van der Waals surface area contributed by atoms with Gasteiger partial charge in [0.1, 0.15) is 23.1 Å². The molecule has 216 valence electrons. The molecule has 0 amide bonds. The number of esters is 2.